The van der Waals surface area contributed by atoms with Gasteiger partial charge in [0.15, 0.2) is 23.0 Å². The molecule has 2 aromatic heterocycles. The summed E-state index contributed by atoms with van der Waals surface area (Å²) in [6.07, 6.45) is 1.27. The molecule has 12 rings (SSSR count). The topological polar surface area (TPSA) is 235 Å². The average Bonchev–Trinajstić information content (AvgIpc) is 1.60. The summed E-state index contributed by atoms with van der Waals surface area (Å²) in [5.41, 5.74) is 7.16. The number of aryl methyl sites for hydroxylation is 2. The Morgan fingerprint density at radius 2 is 0.940 bits per heavy atom. The van der Waals surface area contributed by atoms with Crippen molar-refractivity contribution < 1.29 is 55.0 Å². The van der Waals surface area contributed by atoms with Crippen LogP contribution in [0.2, 0.25) is 5.15 Å². The Balaban J connectivity index is 0.000000202. The van der Waals surface area contributed by atoms with Crippen LogP contribution in [0.1, 0.15) is 133 Å². The molecular formula is C73H82BrClN10O12S3. The fraction of sp³-hybridized carbons (Fsp3) is 0.356. The summed E-state index contributed by atoms with van der Waals surface area (Å²) in [5.74, 6) is 0.417. The second-order valence-electron chi connectivity index (χ2n) is 24.8. The van der Waals surface area contributed by atoms with Gasteiger partial charge < -0.3 is 28.7 Å². The molecular weight excluding hydrogens is 1420 g/mol. The molecule has 2 fully saturated rings. The number of rotatable bonds is 26. The monoisotopic (exact) mass is 1500 g/mol. The number of nitrogens with one attached hydrogen (secondary N) is 2. The van der Waals surface area contributed by atoms with Gasteiger partial charge in [-0.15, -0.1) is 11.3 Å². The molecule has 0 spiro atoms. The van der Waals surface area contributed by atoms with Gasteiger partial charge in [0.2, 0.25) is 20.0 Å². The molecule has 2 saturated heterocycles. The summed E-state index contributed by atoms with van der Waals surface area (Å²) in [4.78, 5) is 69.0. The van der Waals surface area contributed by atoms with Crippen LogP contribution in [-0.4, -0.2) is 164 Å². The second kappa shape index (κ2) is 31.8. The number of anilines is 2. The molecule has 4 atom stereocenters. The first-order valence-electron chi connectivity index (χ1n) is 33.1. The van der Waals surface area contributed by atoms with Gasteiger partial charge in [0.25, 0.3) is 23.6 Å². The van der Waals surface area contributed by atoms with Gasteiger partial charge in [0.05, 0.1) is 83.6 Å². The van der Waals surface area contributed by atoms with E-state index >= 15 is 0 Å². The number of carbonyl (C=O) groups excluding carboxylic acids is 4. The number of amides is 4. The van der Waals surface area contributed by atoms with Crippen molar-refractivity contribution in [3.8, 4) is 23.0 Å². The van der Waals surface area contributed by atoms with Crippen molar-refractivity contribution in [1.29, 1.82) is 0 Å². The number of thiophene rings is 1. The van der Waals surface area contributed by atoms with E-state index in [1.54, 1.807) is 75.7 Å². The first-order valence-corrected chi connectivity index (χ1v) is 38.0. The van der Waals surface area contributed by atoms with Crippen molar-refractivity contribution >= 4 is 93.9 Å². The summed E-state index contributed by atoms with van der Waals surface area (Å²) >= 11 is 10.7. The van der Waals surface area contributed by atoms with E-state index < -0.39 is 38.0 Å². The molecule has 4 amide bonds. The Morgan fingerprint density at radius 1 is 0.520 bits per heavy atom. The lowest BCUT2D eigenvalue weighted by atomic mass is 9.99. The summed E-state index contributed by atoms with van der Waals surface area (Å²) in [7, 11) is 0.0245. The van der Waals surface area contributed by atoms with E-state index in [1.807, 2.05) is 42.5 Å². The lowest BCUT2D eigenvalue weighted by Crippen LogP contribution is -2.47. The molecule has 27 heteroatoms. The Morgan fingerprint density at radius 3 is 1.32 bits per heavy atom. The van der Waals surface area contributed by atoms with Crippen molar-refractivity contribution in [2.24, 2.45) is 7.05 Å². The van der Waals surface area contributed by atoms with Crippen molar-refractivity contribution in [3.63, 3.8) is 0 Å². The van der Waals surface area contributed by atoms with E-state index in [0.717, 1.165) is 65.8 Å². The summed E-state index contributed by atoms with van der Waals surface area (Å²) in [5, 5.41) is 4.12. The van der Waals surface area contributed by atoms with E-state index in [2.05, 4.69) is 112 Å². The van der Waals surface area contributed by atoms with Crippen molar-refractivity contribution in [2.45, 2.75) is 79.7 Å². The zero-order valence-electron chi connectivity index (χ0n) is 57.0. The lowest BCUT2D eigenvalue weighted by Gasteiger charge is -2.39. The standard InChI is InChI=1S/C37H43ClN6O6S.C36H39BrN4O6S2/c1-24-34(35(38)41(3)40-24)51(47,48)39-18-10-15-29(27-16-17-31(49-4)32(23-27)50-5)44-36(45)28-13-9-14-30(33(28)37(44)46)43-21-19-42(20-22-43)25(2)26-11-7-6-8-12-26;1-24(25-9-5-4-6-10-25)39-19-21-40(22-20-39)29-12-7-11-27-34(29)36(43)41(35(27)42)28(26-14-15-30(46-2)31(23-26)47-3)13-8-18-38-49(44,45)33-17-16-32(37)48-33/h6-9,11-14,16-17,23,25,29,39H,10,15,18-22H2,1-5H3;4-7,9-12,14-17,23-24,28,38H,8,13,18-22H2,1-3H3/t25-,29?;24-,28?/m11/s1. The molecule has 8 aromatic rings. The van der Waals surface area contributed by atoms with Crippen LogP contribution in [0.3, 0.4) is 0 Å². The Bertz CT molecular complexity index is 4530. The van der Waals surface area contributed by atoms with E-state index in [1.165, 1.54) is 46.9 Å². The molecule has 2 N–H and O–H groups in total. The Labute approximate surface area is 601 Å². The third-order valence-corrected chi connectivity index (χ3v) is 24.8. The normalized spacial score (nSPS) is 16.4. The highest BCUT2D eigenvalue weighted by Gasteiger charge is 2.45. The van der Waals surface area contributed by atoms with Gasteiger partial charge in [-0.1, -0.05) is 96.5 Å². The van der Waals surface area contributed by atoms with Crippen LogP contribution >= 0.6 is 38.9 Å². The van der Waals surface area contributed by atoms with E-state index in [4.69, 9.17) is 30.5 Å². The number of halogens is 2. The number of piperazine rings is 2. The quantitative estimate of drug-likeness (QED) is 0.0379. The molecule has 2 unspecified atom stereocenters. The summed E-state index contributed by atoms with van der Waals surface area (Å²) < 4.78 is 81.6. The number of methoxy groups -OCH3 is 4. The number of nitrogens with zero attached hydrogens (tertiary/aromatic N) is 8. The molecule has 0 saturated carbocycles. The van der Waals surface area contributed by atoms with Crippen LogP contribution in [0.15, 0.2) is 158 Å². The first kappa shape index (κ1) is 73.1. The Hall–Kier alpha value is -8.18. The van der Waals surface area contributed by atoms with Crippen LogP contribution in [0.5, 0.6) is 23.0 Å². The third-order valence-electron chi connectivity index (χ3n) is 19.1. The molecule has 4 aliphatic rings. The average molecular weight is 1500 g/mol. The summed E-state index contributed by atoms with van der Waals surface area (Å²) in [6.45, 7) is 12.3. The van der Waals surface area contributed by atoms with Crippen LogP contribution in [0.25, 0.3) is 0 Å². The number of aromatic nitrogens is 2. The van der Waals surface area contributed by atoms with Gasteiger partial charge >= 0.3 is 0 Å². The molecule has 6 heterocycles. The largest absolute Gasteiger partial charge is 0.493 e. The number of fused-ring (bicyclic) bond motifs is 2. The maximum absolute atomic E-state index is 14.5. The van der Waals surface area contributed by atoms with Crippen LogP contribution in [0, 0.1) is 6.92 Å². The molecule has 0 radical (unpaired) electrons. The third kappa shape index (κ3) is 15.4. The van der Waals surface area contributed by atoms with Gasteiger partial charge in [0.1, 0.15) is 14.3 Å². The maximum Gasteiger partial charge on any atom is 0.264 e. The van der Waals surface area contributed by atoms with Crippen LogP contribution in [-0.2, 0) is 27.1 Å². The minimum atomic E-state index is -3.97. The van der Waals surface area contributed by atoms with Gasteiger partial charge in [-0.05, 0) is 145 Å². The highest BCUT2D eigenvalue weighted by atomic mass is 79.9. The van der Waals surface area contributed by atoms with E-state index in [9.17, 15) is 36.0 Å². The van der Waals surface area contributed by atoms with Crippen LogP contribution < -0.4 is 38.2 Å². The zero-order valence-corrected chi connectivity index (χ0v) is 61.8. The number of ether oxygens (including phenoxy) is 4. The molecule has 22 nitrogen and oxygen atoms in total. The van der Waals surface area contributed by atoms with Gasteiger partial charge in [-0.2, -0.15) is 5.10 Å². The predicted octanol–water partition coefficient (Wildman–Crippen LogP) is 11.9. The van der Waals surface area contributed by atoms with Gasteiger partial charge in [-0.3, -0.25) is 43.5 Å². The minimum Gasteiger partial charge on any atom is -0.493 e. The predicted molar refractivity (Wildman–Crippen MR) is 390 cm³/mol. The fourth-order valence-electron chi connectivity index (χ4n) is 13.8. The molecule has 4 aliphatic heterocycles. The second-order valence-corrected chi connectivity index (χ2v) is 31.3. The number of sulfonamides is 2. The molecule has 0 bridgehead atoms. The zero-order chi connectivity index (χ0) is 71.2. The Kier molecular flexibility index (Phi) is 23.2. The van der Waals surface area contributed by atoms with Crippen LogP contribution in [0.4, 0.5) is 11.4 Å². The van der Waals surface area contributed by atoms with Gasteiger partial charge in [0, 0.05) is 84.6 Å². The molecule has 528 valence electrons. The molecule has 6 aromatic carbocycles. The highest BCUT2D eigenvalue weighted by molar-refractivity contribution is 9.11. The molecule has 0 aliphatic carbocycles. The number of imide groups is 2. The number of carbonyl (C=O) groups is 4. The van der Waals surface area contributed by atoms with Crippen molar-refractivity contribution in [1.82, 2.24) is 38.8 Å². The van der Waals surface area contributed by atoms with E-state index in [0.29, 0.717) is 88.7 Å². The minimum absolute atomic E-state index is 0.0113. The lowest BCUT2D eigenvalue weighted by molar-refractivity contribution is 0.0557. The first-order chi connectivity index (χ1) is 48.1. The maximum atomic E-state index is 14.5. The molecule has 100 heavy (non-hydrogen) atoms. The summed E-state index contributed by atoms with van der Waals surface area (Å²) in [6, 6.07) is 44.7. The number of hydrogen-bond donors (Lipinski definition) is 2. The number of benzene rings is 6. The fourth-order valence-corrected chi connectivity index (χ4v) is 18.7. The SMILES string of the molecule is COc1ccc(C(CCCNS(=O)(=O)c2c(C)nn(C)c2Cl)N2C(=O)c3cccc(N4CCN([C@H](C)c5ccccc5)CC4)c3C2=O)cc1OC.COc1ccc(C(CCCNS(=O)(=O)c2ccc(Br)s2)N2C(=O)c3cccc(N4CCN([C@H](C)c5ccccc5)CC4)c3C2=O)cc1OC. The highest BCUT2D eigenvalue weighted by Crippen LogP contribution is 2.44. The van der Waals surface area contributed by atoms with Crippen molar-refractivity contribution in [2.75, 3.05) is 104 Å². The van der Waals surface area contributed by atoms with Gasteiger partial charge in [-0.25, -0.2) is 26.3 Å². The van der Waals surface area contributed by atoms with E-state index in [-0.39, 0.29) is 69.3 Å². The van der Waals surface area contributed by atoms with Crippen molar-refractivity contribution in [3.05, 3.63) is 205 Å². The smallest absolute Gasteiger partial charge is 0.264 e. The number of hydrogen-bond acceptors (Lipinski definition) is 18.